The summed E-state index contributed by atoms with van der Waals surface area (Å²) >= 11 is 0.713. The van der Waals surface area contributed by atoms with Gasteiger partial charge in [0.2, 0.25) is 0 Å². The molecule has 10 heteroatoms. The Kier molecular flexibility index (Phi) is 6.68. The van der Waals surface area contributed by atoms with Gasteiger partial charge in [0, 0.05) is 23.8 Å². The first-order valence-electron chi connectivity index (χ1n) is 9.14. The number of nitrogens with zero attached hydrogens (tertiary/aromatic N) is 2. The Hall–Kier alpha value is -3.40. The molecule has 2 aromatic rings. The summed E-state index contributed by atoms with van der Waals surface area (Å²) in [6.45, 7) is 1.77. The van der Waals surface area contributed by atoms with E-state index < -0.39 is 28.6 Å². The van der Waals surface area contributed by atoms with Crippen molar-refractivity contribution in [1.29, 1.82) is 0 Å². The maximum atomic E-state index is 12.5. The Balaban J connectivity index is 1.68. The summed E-state index contributed by atoms with van der Waals surface area (Å²) in [5.41, 5.74) is 0.593. The van der Waals surface area contributed by atoms with Gasteiger partial charge < -0.3 is 9.15 Å². The number of amides is 2. The fraction of sp³-hybridized carbons (Fsp3) is 0.250. The normalized spacial score (nSPS) is 15.1. The first-order chi connectivity index (χ1) is 14.4. The van der Waals surface area contributed by atoms with Gasteiger partial charge in [-0.3, -0.25) is 29.4 Å². The average molecular weight is 430 g/mol. The summed E-state index contributed by atoms with van der Waals surface area (Å²) in [5.74, 6) is -0.439. The van der Waals surface area contributed by atoms with Gasteiger partial charge >= 0.3 is 5.97 Å². The largest absolute Gasteiger partial charge is 0.464 e. The number of esters is 1. The maximum absolute atomic E-state index is 12.5. The first-order valence-corrected chi connectivity index (χ1v) is 9.96. The molecule has 1 fully saturated rings. The number of thioether (sulfide) groups is 1. The van der Waals surface area contributed by atoms with Crippen molar-refractivity contribution < 1.29 is 28.5 Å². The van der Waals surface area contributed by atoms with Crippen LogP contribution in [0.3, 0.4) is 0 Å². The molecule has 0 spiro atoms. The molecule has 0 atom stereocenters. The number of carbonyl (C=O) groups excluding carboxylic acids is 3. The van der Waals surface area contributed by atoms with Gasteiger partial charge in [-0.15, -0.1) is 0 Å². The van der Waals surface area contributed by atoms with Gasteiger partial charge in [-0.1, -0.05) is 13.3 Å². The lowest BCUT2D eigenvalue weighted by Crippen LogP contribution is -2.34. The third kappa shape index (κ3) is 4.95. The molecule has 2 amide bonds. The average Bonchev–Trinajstić information content (AvgIpc) is 3.29. The van der Waals surface area contributed by atoms with E-state index in [0.29, 0.717) is 35.3 Å². The second-order valence-electron chi connectivity index (χ2n) is 6.35. The number of hydrogen-bond acceptors (Lipinski definition) is 8. The fourth-order valence-corrected chi connectivity index (χ4v) is 3.42. The summed E-state index contributed by atoms with van der Waals surface area (Å²) in [4.78, 5) is 47.6. The van der Waals surface area contributed by atoms with Crippen LogP contribution in [-0.2, 0) is 14.3 Å². The SMILES string of the molecule is CCCCOC(=O)CN1C(=O)S/C(=C/c2ccc(-c3ccc([N+](=O)[O-])cc3)o2)C1=O. The highest BCUT2D eigenvalue weighted by Gasteiger charge is 2.36. The Bertz CT molecular complexity index is 1010. The van der Waals surface area contributed by atoms with Gasteiger partial charge in [-0.25, -0.2) is 0 Å². The van der Waals surface area contributed by atoms with Crippen molar-refractivity contribution in [3.8, 4) is 11.3 Å². The topological polar surface area (TPSA) is 120 Å². The number of unbranched alkanes of at least 4 members (excludes halogenated alkanes) is 1. The van der Waals surface area contributed by atoms with Crippen LogP contribution in [0.2, 0.25) is 0 Å². The van der Waals surface area contributed by atoms with E-state index in [-0.39, 0.29) is 17.2 Å². The van der Waals surface area contributed by atoms with Crippen LogP contribution in [0.4, 0.5) is 10.5 Å². The molecule has 1 aliphatic rings. The van der Waals surface area contributed by atoms with Gasteiger partial charge in [-0.2, -0.15) is 0 Å². The summed E-state index contributed by atoms with van der Waals surface area (Å²) in [5, 5.41) is 10.2. The molecule has 0 bridgehead atoms. The van der Waals surface area contributed by atoms with Crippen LogP contribution in [0.15, 0.2) is 45.7 Å². The number of hydrogen-bond donors (Lipinski definition) is 0. The van der Waals surface area contributed by atoms with Crippen LogP contribution in [0.5, 0.6) is 0 Å². The van der Waals surface area contributed by atoms with E-state index in [1.807, 2.05) is 6.92 Å². The molecule has 0 aliphatic carbocycles. The standard InChI is InChI=1S/C20H18N2O7S/c1-2-3-10-28-18(23)12-21-19(24)17(30-20(21)25)11-15-8-9-16(29-15)13-4-6-14(7-5-13)22(26)27/h4-9,11H,2-3,10,12H2,1H3/b17-11+. The van der Waals surface area contributed by atoms with Gasteiger partial charge in [0.05, 0.1) is 16.4 Å². The third-order valence-corrected chi connectivity index (χ3v) is 5.09. The molecule has 0 N–H and O–H groups in total. The van der Waals surface area contributed by atoms with Crippen molar-refractivity contribution in [3.05, 3.63) is 57.2 Å². The molecule has 9 nitrogen and oxygen atoms in total. The van der Waals surface area contributed by atoms with Crippen LogP contribution >= 0.6 is 11.8 Å². The fourth-order valence-electron chi connectivity index (χ4n) is 2.60. The molecule has 156 valence electrons. The van der Waals surface area contributed by atoms with Crippen molar-refractivity contribution in [3.63, 3.8) is 0 Å². The highest BCUT2D eigenvalue weighted by molar-refractivity contribution is 8.18. The van der Waals surface area contributed by atoms with Crippen molar-refractivity contribution in [1.82, 2.24) is 4.90 Å². The number of imide groups is 1. The number of nitro groups is 1. The van der Waals surface area contributed by atoms with Crippen LogP contribution < -0.4 is 0 Å². The minimum atomic E-state index is -0.634. The van der Waals surface area contributed by atoms with Gasteiger partial charge in [0.15, 0.2) is 0 Å². The molecule has 1 aromatic heterocycles. The van der Waals surface area contributed by atoms with E-state index in [1.54, 1.807) is 24.3 Å². The number of nitro benzene ring substituents is 1. The number of furan rings is 1. The van der Waals surface area contributed by atoms with Gasteiger partial charge in [0.1, 0.15) is 18.1 Å². The van der Waals surface area contributed by atoms with Crippen LogP contribution in [0.25, 0.3) is 17.4 Å². The molecular weight excluding hydrogens is 412 g/mol. The zero-order chi connectivity index (χ0) is 21.7. The zero-order valence-electron chi connectivity index (χ0n) is 16.0. The van der Waals surface area contributed by atoms with E-state index in [2.05, 4.69) is 0 Å². The highest BCUT2D eigenvalue weighted by atomic mass is 32.2. The van der Waals surface area contributed by atoms with E-state index in [4.69, 9.17) is 9.15 Å². The molecule has 30 heavy (non-hydrogen) atoms. The Morgan fingerprint density at radius 1 is 1.23 bits per heavy atom. The quantitative estimate of drug-likeness (QED) is 0.201. The lowest BCUT2D eigenvalue weighted by Gasteiger charge is -2.11. The summed E-state index contributed by atoms with van der Waals surface area (Å²) in [6, 6.07) is 9.11. The monoisotopic (exact) mass is 430 g/mol. The zero-order valence-corrected chi connectivity index (χ0v) is 16.8. The summed E-state index contributed by atoms with van der Waals surface area (Å²) in [6.07, 6.45) is 2.99. The third-order valence-electron chi connectivity index (χ3n) is 4.18. The Morgan fingerprint density at radius 2 is 1.97 bits per heavy atom. The van der Waals surface area contributed by atoms with Crippen LogP contribution in [0, 0.1) is 10.1 Å². The van der Waals surface area contributed by atoms with E-state index in [0.717, 1.165) is 11.3 Å². The molecule has 0 unspecified atom stereocenters. The lowest BCUT2D eigenvalue weighted by atomic mass is 10.1. The molecule has 2 heterocycles. The molecule has 0 radical (unpaired) electrons. The molecule has 1 aliphatic heterocycles. The predicted molar refractivity (Wildman–Crippen MR) is 109 cm³/mol. The van der Waals surface area contributed by atoms with Crippen molar-refractivity contribution in [2.24, 2.45) is 0 Å². The lowest BCUT2D eigenvalue weighted by molar-refractivity contribution is -0.384. The molecular formula is C20H18N2O7S. The molecule has 1 saturated heterocycles. The van der Waals surface area contributed by atoms with Crippen molar-refractivity contribution in [2.45, 2.75) is 19.8 Å². The van der Waals surface area contributed by atoms with E-state index in [9.17, 15) is 24.5 Å². The van der Waals surface area contributed by atoms with Crippen molar-refractivity contribution >= 4 is 40.6 Å². The minimum absolute atomic E-state index is 0.0348. The molecule has 0 saturated carbocycles. The Labute approximate surface area is 175 Å². The van der Waals surface area contributed by atoms with Gasteiger partial charge in [0.25, 0.3) is 16.8 Å². The van der Waals surface area contributed by atoms with Crippen molar-refractivity contribution in [2.75, 3.05) is 13.2 Å². The van der Waals surface area contributed by atoms with E-state index >= 15 is 0 Å². The number of carbonyl (C=O) groups is 3. The number of benzene rings is 1. The van der Waals surface area contributed by atoms with Crippen LogP contribution in [-0.4, -0.2) is 40.1 Å². The smallest absolute Gasteiger partial charge is 0.326 e. The predicted octanol–water partition coefficient (Wildman–Crippen LogP) is 4.23. The Morgan fingerprint density at radius 3 is 2.63 bits per heavy atom. The van der Waals surface area contributed by atoms with Crippen LogP contribution in [0.1, 0.15) is 25.5 Å². The second kappa shape index (κ2) is 9.40. The molecule has 3 rings (SSSR count). The number of rotatable bonds is 8. The second-order valence-corrected chi connectivity index (χ2v) is 7.34. The van der Waals surface area contributed by atoms with Gasteiger partial charge in [-0.05, 0) is 42.4 Å². The minimum Gasteiger partial charge on any atom is -0.464 e. The molecule has 1 aromatic carbocycles. The summed E-state index contributed by atoms with van der Waals surface area (Å²) < 4.78 is 10.7. The number of ether oxygens (including phenoxy) is 1. The summed E-state index contributed by atoms with van der Waals surface area (Å²) in [7, 11) is 0. The maximum Gasteiger partial charge on any atom is 0.326 e. The number of non-ortho nitro benzene ring substituents is 1. The van der Waals surface area contributed by atoms with E-state index in [1.165, 1.54) is 18.2 Å². The highest BCUT2D eigenvalue weighted by Crippen LogP contribution is 2.33. The first kappa shape index (κ1) is 21.3.